The molecule has 0 saturated heterocycles. The van der Waals surface area contributed by atoms with Gasteiger partial charge in [-0.2, -0.15) is 16.8 Å². The zero-order valence-electron chi connectivity index (χ0n) is 9.78. The average Bonchev–Trinajstić information content (AvgIpc) is 2.15. The fourth-order valence-corrected chi connectivity index (χ4v) is 0.632. The summed E-state index contributed by atoms with van der Waals surface area (Å²) in [4.78, 5) is 17.8. The lowest BCUT2D eigenvalue weighted by atomic mass is 10.6. The molecule has 0 bridgehead atoms. The second-order valence-corrected chi connectivity index (χ2v) is 3.69. The third kappa shape index (κ3) is 71.4. The maximum atomic E-state index is 9.51. The fourth-order valence-electron chi connectivity index (χ4n) is 0.0702. The van der Waals surface area contributed by atoms with Crippen LogP contribution >= 0.6 is 0 Å². The van der Waals surface area contributed by atoms with Crippen LogP contribution in [0.2, 0.25) is 0 Å². The largest absolute Gasteiger partial charge is 0.483 e. The van der Waals surface area contributed by atoms with Crippen LogP contribution in [0.15, 0.2) is 12.7 Å². The van der Waals surface area contributed by atoms with Crippen molar-refractivity contribution in [1.29, 1.82) is 0 Å². The Morgan fingerprint density at radius 1 is 1.05 bits per heavy atom. The number of nitrogens with two attached hydrogens (primary N) is 1. The van der Waals surface area contributed by atoms with Crippen molar-refractivity contribution < 1.29 is 49.3 Å². The molecule has 0 saturated carbocycles. The monoisotopic (exact) mass is 345 g/mol. The molecule has 124 valence electrons. The number of carboxylic acid groups (broad SMARTS) is 1. The maximum absolute atomic E-state index is 9.51. The summed E-state index contributed by atoms with van der Waals surface area (Å²) in [6.45, 7) is 2.84. The third-order valence-electron chi connectivity index (χ3n) is 0.401. The Labute approximate surface area is 114 Å². The van der Waals surface area contributed by atoms with Crippen LogP contribution in [0.4, 0.5) is 0 Å². The first-order chi connectivity index (χ1) is 7.89. The summed E-state index contributed by atoms with van der Waals surface area (Å²) < 4.78 is 58.9. The second kappa shape index (κ2) is 15.4. The first-order valence-electron chi connectivity index (χ1n) is 3.22. The molecule has 0 fully saturated rings. The molecular weight excluding hydrogens is 330 g/mol. The van der Waals surface area contributed by atoms with Crippen LogP contribution in [0.25, 0.3) is 0 Å². The summed E-state index contributed by atoms with van der Waals surface area (Å²) in [5, 5.41) is 6.89. The molecule has 11 N–H and O–H groups in total. The molecule has 0 aromatic heterocycles. The lowest BCUT2D eigenvalue weighted by Crippen LogP contribution is -2.10. The van der Waals surface area contributed by atoms with E-state index in [-0.39, 0.29) is 18.8 Å². The zero-order valence-corrected chi connectivity index (χ0v) is 11.4. The minimum absolute atomic E-state index is 0. The Bertz CT molecular complexity index is 422. The van der Waals surface area contributed by atoms with Gasteiger partial charge in [-0.05, 0) is 6.08 Å². The van der Waals surface area contributed by atoms with Crippen molar-refractivity contribution in [2.75, 3.05) is 0 Å². The van der Waals surface area contributed by atoms with E-state index >= 15 is 0 Å². The van der Waals surface area contributed by atoms with Gasteiger partial charge in [-0.1, -0.05) is 15.2 Å². The second-order valence-electron chi connectivity index (χ2n) is 1.70. The summed E-state index contributed by atoms with van der Waals surface area (Å²) in [6.07, 6.45) is 1.06. The van der Waals surface area contributed by atoms with Gasteiger partial charge in [0.25, 0.3) is 6.47 Å². The fraction of sp³-hybridized carbons (Fsp3) is 0. The standard InChI is InChI=1S/C3H5NO.CH2O2.2H3N.H2O8S2/c1-2-3(4)5;2-1-3;;;1-9(2,3)7-8-10(4,5)6/h2H,1H2,(H2,4,5);1H,(H,2,3);2*1H3;(H,1,2,3)(H,4,5,6). The van der Waals surface area contributed by atoms with Crippen molar-refractivity contribution >= 4 is 33.2 Å². The number of hydrogen-bond donors (Lipinski definition) is 6. The minimum atomic E-state index is -5.02. The third-order valence-corrected chi connectivity index (χ3v) is 0.967. The van der Waals surface area contributed by atoms with E-state index in [4.69, 9.17) is 19.0 Å². The summed E-state index contributed by atoms with van der Waals surface area (Å²) in [7, 11) is -10.0. The van der Waals surface area contributed by atoms with E-state index in [1.807, 2.05) is 0 Å². The molecule has 0 aromatic rings. The highest BCUT2D eigenvalue weighted by atomic mass is 32.3. The Hall–Kier alpha value is -1.66. The zero-order chi connectivity index (χ0) is 15.4. The Kier molecular flexibility index (Phi) is 23.9. The van der Waals surface area contributed by atoms with Crippen molar-refractivity contribution in [3.8, 4) is 0 Å². The van der Waals surface area contributed by atoms with Crippen LogP contribution in [0.1, 0.15) is 0 Å². The minimum Gasteiger partial charge on any atom is -0.483 e. The van der Waals surface area contributed by atoms with Gasteiger partial charge in [0.05, 0.1) is 0 Å². The molecule has 0 unspecified atom stereocenters. The molecule has 0 radical (unpaired) electrons. The first-order valence-corrected chi connectivity index (χ1v) is 5.95. The van der Waals surface area contributed by atoms with E-state index < -0.39 is 26.7 Å². The van der Waals surface area contributed by atoms with Crippen molar-refractivity contribution in [3.63, 3.8) is 0 Å². The molecule has 0 atom stereocenters. The van der Waals surface area contributed by atoms with Gasteiger partial charge in [0, 0.05) is 0 Å². The molecule has 0 aliphatic rings. The lowest BCUT2D eigenvalue weighted by Gasteiger charge is -1.92. The summed E-state index contributed by atoms with van der Waals surface area (Å²) >= 11 is 0. The Morgan fingerprint density at radius 2 is 1.20 bits per heavy atom. The van der Waals surface area contributed by atoms with Crippen molar-refractivity contribution in [2.45, 2.75) is 0 Å². The average molecular weight is 345 g/mol. The van der Waals surface area contributed by atoms with Gasteiger partial charge < -0.3 is 23.1 Å². The van der Waals surface area contributed by atoms with Crippen LogP contribution in [-0.4, -0.2) is 43.4 Å². The van der Waals surface area contributed by atoms with E-state index in [1.54, 1.807) is 0 Å². The Balaban J connectivity index is -0.0000000642. The summed E-state index contributed by atoms with van der Waals surface area (Å²) in [5.74, 6) is -0.481. The predicted octanol–water partition coefficient (Wildman–Crippen LogP) is -1.78. The van der Waals surface area contributed by atoms with Crippen LogP contribution < -0.4 is 18.0 Å². The van der Waals surface area contributed by atoms with Gasteiger partial charge >= 0.3 is 20.8 Å². The van der Waals surface area contributed by atoms with Crippen LogP contribution in [0.3, 0.4) is 0 Å². The molecule has 0 aliphatic carbocycles. The van der Waals surface area contributed by atoms with Gasteiger partial charge in [-0.15, -0.1) is 0 Å². The van der Waals surface area contributed by atoms with E-state index in [2.05, 4.69) is 21.0 Å². The molecule has 20 heavy (non-hydrogen) atoms. The number of carbonyl (C=O) groups is 2. The topological polar surface area (TPSA) is 278 Å². The highest BCUT2D eigenvalue weighted by Crippen LogP contribution is 1.92. The van der Waals surface area contributed by atoms with Crippen LogP contribution in [0.5, 0.6) is 0 Å². The lowest BCUT2D eigenvalue weighted by molar-refractivity contribution is -0.123. The van der Waals surface area contributed by atoms with Crippen LogP contribution in [0, 0.1) is 0 Å². The van der Waals surface area contributed by atoms with Crippen molar-refractivity contribution in [1.82, 2.24) is 12.3 Å². The molecule has 14 nitrogen and oxygen atoms in total. The molecular formula is C4H15N3O11S2. The number of primary amides is 1. The molecule has 16 heteroatoms. The summed E-state index contributed by atoms with van der Waals surface area (Å²) in [5.41, 5.74) is 4.53. The van der Waals surface area contributed by atoms with Gasteiger partial charge in [0.2, 0.25) is 5.91 Å². The molecule has 0 rings (SSSR count). The van der Waals surface area contributed by atoms with Gasteiger partial charge in [0.1, 0.15) is 0 Å². The highest BCUT2D eigenvalue weighted by molar-refractivity contribution is 7.83. The maximum Gasteiger partial charge on any atom is 0.425 e. The highest BCUT2D eigenvalue weighted by Gasteiger charge is 2.13. The number of carbonyl (C=O) groups excluding carboxylic acids is 1. The molecule has 0 spiro atoms. The van der Waals surface area contributed by atoms with E-state index in [0.29, 0.717) is 0 Å². The SMILES string of the molecule is C=CC(N)=O.N.N.O=CO.O=S(=O)(O)OOS(=O)(=O)O. The molecule has 0 heterocycles. The van der Waals surface area contributed by atoms with Gasteiger partial charge in [-0.25, -0.2) is 0 Å². The number of rotatable bonds is 4. The number of hydrogen-bond acceptors (Lipinski definition) is 10. The first kappa shape index (κ1) is 31.0. The van der Waals surface area contributed by atoms with Crippen molar-refractivity contribution in [2.24, 2.45) is 5.73 Å². The van der Waals surface area contributed by atoms with Gasteiger partial charge in [-0.3, -0.25) is 18.7 Å². The predicted molar refractivity (Wildman–Crippen MR) is 63.4 cm³/mol. The van der Waals surface area contributed by atoms with Crippen LogP contribution in [-0.2, 0) is 39.1 Å². The smallest absolute Gasteiger partial charge is 0.425 e. The normalized spacial score (nSPS) is 8.90. The Morgan fingerprint density at radius 3 is 1.25 bits per heavy atom. The van der Waals surface area contributed by atoms with Gasteiger partial charge in [0.15, 0.2) is 0 Å². The molecule has 0 aliphatic heterocycles. The molecule has 0 aromatic carbocycles. The quantitative estimate of drug-likeness (QED) is 0.108. The molecule has 1 amide bonds. The van der Waals surface area contributed by atoms with E-state index in [1.165, 1.54) is 0 Å². The van der Waals surface area contributed by atoms with E-state index in [0.717, 1.165) is 6.08 Å². The van der Waals surface area contributed by atoms with Crippen molar-refractivity contribution in [3.05, 3.63) is 12.7 Å². The number of amides is 1. The van der Waals surface area contributed by atoms with E-state index in [9.17, 15) is 21.6 Å². The summed E-state index contributed by atoms with van der Waals surface area (Å²) in [6, 6.07) is 0.